The molecule has 0 atom stereocenters. The van der Waals surface area contributed by atoms with Gasteiger partial charge < -0.3 is 10.7 Å². The first-order valence-electron chi connectivity index (χ1n) is 7.53. The smallest absolute Gasteiger partial charge is 0.275 e. The average molecular weight is 350 g/mol. The maximum atomic E-state index is 14.0. The van der Waals surface area contributed by atoms with Crippen molar-refractivity contribution in [2.75, 3.05) is 5.73 Å². The molecule has 0 spiro atoms. The van der Waals surface area contributed by atoms with Crippen LogP contribution in [0.4, 0.5) is 10.1 Å². The second-order valence-electron chi connectivity index (χ2n) is 6.06. The second-order valence-corrected chi connectivity index (χ2v) is 6.45. The highest BCUT2D eigenvalue weighted by Gasteiger charge is 2.15. The van der Waals surface area contributed by atoms with E-state index in [-0.39, 0.29) is 22.9 Å². The van der Waals surface area contributed by atoms with E-state index in [4.69, 9.17) is 17.3 Å². The summed E-state index contributed by atoms with van der Waals surface area (Å²) in [5.74, 6) is 0.288. The normalized spacial score (nSPS) is 11.5. The molecule has 8 heteroatoms. The van der Waals surface area contributed by atoms with Gasteiger partial charge in [-0.25, -0.2) is 9.37 Å². The van der Waals surface area contributed by atoms with Gasteiger partial charge in [-0.1, -0.05) is 25.4 Å². The zero-order valence-corrected chi connectivity index (χ0v) is 14.1. The van der Waals surface area contributed by atoms with Crippen molar-refractivity contribution in [1.29, 1.82) is 0 Å². The standard InChI is InChI=1S/C16H17ClFN5O/c1-8(2)5-11-15-14(9(18)6-20-11)21-13(22-15)7-23-12(17)4-3-10(19)16(23)24/h3-4,6,8H,5,7,19H2,1-2H3,(H,21,22). The van der Waals surface area contributed by atoms with E-state index in [2.05, 4.69) is 28.8 Å². The number of halogens is 2. The molecular formula is C16H17ClFN5O. The van der Waals surface area contributed by atoms with Gasteiger partial charge in [-0.15, -0.1) is 0 Å². The minimum atomic E-state index is -0.484. The zero-order chi connectivity index (χ0) is 17.4. The number of nitrogen functional groups attached to an aromatic ring is 1. The molecule has 0 aliphatic rings. The van der Waals surface area contributed by atoms with Gasteiger partial charge >= 0.3 is 0 Å². The number of pyridine rings is 2. The van der Waals surface area contributed by atoms with Gasteiger partial charge in [0.1, 0.15) is 22.0 Å². The number of aromatic amines is 1. The Kier molecular flexibility index (Phi) is 4.28. The summed E-state index contributed by atoms with van der Waals surface area (Å²) in [5, 5.41) is 0.232. The molecule has 126 valence electrons. The number of aromatic nitrogens is 4. The van der Waals surface area contributed by atoms with Crippen LogP contribution in [-0.2, 0) is 13.0 Å². The summed E-state index contributed by atoms with van der Waals surface area (Å²) in [6, 6.07) is 2.98. The molecule has 0 aliphatic heterocycles. The van der Waals surface area contributed by atoms with Gasteiger partial charge in [-0.2, -0.15) is 0 Å². The van der Waals surface area contributed by atoms with E-state index in [0.717, 1.165) is 5.69 Å². The number of nitrogens with two attached hydrogens (primary N) is 1. The molecule has 3 N–H and O–H groups in total. The number of fused-ring (bicyclic) bond motifs is 1. The minimum absolute atomic E-state index is 0.0674. The lowest BCUT2D eigenvalue weighted by Crippen LogP contribution is -2.24. The molecule has 0 aromatic carbocycles. The van der Waals surface area contributed by atoms with E-state index in [1.54, 1.807) is 0 Å². The Labute approximate surface area is 142 Å². The van der Waals surface area contributed by atoms with E-state index < -0.39 is 11.4 Å². The van der Waals surface area contributed by atoms with Crippen LogP contribution in [0.25, 0.3) is 11.0 Å². The largest absolute Gasteiger partial charge is 0.394 e. The molecule has 0 saturated carbocycles. The first-order chi connectivity index (χ1) is 11.4. The summed E-state index contributed by atoms with van der Waals surface area (Å²) >= 11 is 6.06. The fourth-order valence-electron chi connectivity index (χ4n) is 2.54. The van der Waals surface area contributed by atoms with Crippen molar-refractivity contribution in [2.45, 2.75) is 26.8 Å². The second kappa shape index (κ2) is 6.24. The third-order valence-electron chi connectivity index (χ3n) is 3.66. The molecule has 0 saturated heterocycles. The van der Waals surface area contributed by atoms with Crippen molar-refractivity contribution in [3.63, 3.8) is 0 Å². The molecule has 0 aliphatic carbocycles. The zero-order valence-electron chi connectivity index (χ0n) is 13.3. The van der Waals surface area contributed by atoms with Crippen LogP contribution < -0.4 is 11.3 Å². The molecule has 0 fully saturated rings. The number of rotatable bonds is 4. The molecule has 3 aromatic rings. The van der Waals surface area contributed by atoms with Crippen LogP contribution in [0.3, 0.4) is 0 Å². The van der Waals surface area contributed by atoms with Crippen LogP contribution in [0, 0.1) is 11.7 Å². The van der Waals surface area contributed by atoms with Crippen molar-refractivity contribution < 1.29 is 4.39 Å². The Bertz CT molecular complexity index is 963. The fourth-order valence-corrected chi connectivity index (χ4v) is 2.74. The third kappa shape index (κ3) is 2.99. The van der Waals surface area contributed by atoms with Gasteiger partial charge in [0.05, 0.1) is 24.1 Å². The van der Waals surface area contributed by atoms with Crippen molar-refractivity contribution in [3.05, 3.63) is 51.2 Å². The number of hydrogen-bond donors (Lipinski definition) is 2. The highest BCUT2D eigenvalue weighted by atomic mass is 35.5. The number of nitrogens with one attached hydrogen (secondary N) is 1. The summed E-state index contributed by atoms with van der Waals surface area (Å²) in [5.41, 5.74) is 6.78. The predicted octanol–water partition coefficient (Wildman–Crippen LogP) is 2.74. The van der Waals surface area contributed by atoms with Crippen LogP contribution in [0.1, 0.15) is 25.4 Å². The maximum Gasteiger partial charge on any atom is 0.275 e. The van der Waals surface area contributed by atoms with E-state index in [1.807, 2.05) is 0 Å². The Morgan fingerprint density at radius 1 is 1.42 bits per heavy atom. The molecule has 0 amide bonds. The van der Waals surface area contributed by atoms with Crippen LogP contribution in [-0.4, -0.2) is 19.5 Å². The SMILES string of the molecule is CC(C)Cc1ncc(F)c2[nH]c(Cn3c(Cl)ccc(N)c3=O)nc12. The maximum absolute atomic E-state index is 14.0. The monoisotopic (exact) mass is 349 g/mol. The summed E-state index contributed by atoms with van der Waals surface area (Å²) in [4.78, 5) is 23.6. The lowest BCUT2D eigenvalue weighted by Gasteiger charge is -2.06. The molecule has 0 unspecified atom stereocenters. The lowest BCUT2D eigenvalue weighted by atomic mass is 10.1. The van der Waals surface area contributed by atoms with Crippen LogP contribution >= 0.6 is 11.6 Å². The Balaban J connectivity index is 2.08. The van der Waals surface area contributed by atoms with E-state index >= 15 is 0 Å². The quantitative estimate of drug-likeness (QED) is 0.709. The average Bonchev–Trinajstić information content (AvgIpc) is 2.95. The Hall–Kier alpha value is -2.41. The fraction of sp³-hybridized carbons (Fsp3) is 0.312. The van der Waals surface area contributed by atoms with E-state index in [0.29, 0.717) is 23.7 Å². The molecular weight excluding hydrogens is 333 g/mol. The summed E-state index contributed by atoms with van der Waals surface area (Å²) in [6.45, 7) is 4.17. The molecule has 6 nitrogen and oxygen atoms in total. The van der Waals surface area contributed by atoms with Crippen molar-refractivity contribution in [1.82, 2.24) is 19.5 Å². The summed E-state index contributed by atoms with van der Waals surface area (Å²) in [7, 11) is 0. The van der Waals surface area contributed by atoms with Crippen molar-refractivity contribution >= 4 is 28.3 Å². The van der Waals surface area contributed by atoms with Crippen LogP contribution in [0.2, 0.25) is 5.15 Å². The molecule has 3 heterocycles. The number of anilines is 1. The first-order valence-corrected chi connectivity index (χ1v) is 7.91. The minimum Gasteiger partial charge on any atom is -0.394 e. The van der Waals surface area contributed by atoms with Crippen LogP contribution in [0.5, 0.6) is 0 Å². The Morgan fingerprint density at radius 3 is 2.88 bits per heavy atom. The molecule has 0 bridgehead atoms. The van der Waals surface area contributed by atoms with E-state index in [1.165, 1.54) is 22.9 Å². The highest BCUT2D eigenvalue weighted by Crippen LogP contribution is 2.21. The van der Waals surface area contributed by atoms with E-state index in [9.17, 15) is 9.18 Å². The molecule has 0 radical (unpaired) electrons. The predicted molar refractivity (Wildman–Crippen MR) is 91.6 cm³/mol. The molecule has 24 heavy (non-hydrogen) atoms. The van der Waals surface area contributed by atoms with Crippen molar-refractivity contribution in [2.24, 2.45) is 5.92 Å². The number of hydrogen-bond acceptors (Lipinski definition) is 4. The van der Waals surface area contributed by atoms with Crippen LogP contribution in [0.15, 0.2) is 23.1 Å². The first kappa shape index (κ1) is 16.4. The van der Waals surface area contributed by atoms with Gasteiger partial charge in [0.25, 0.3) is 5.56 Å². The Morgan fingerprint density at radius 2 is 2.17 bits per heavy atom. The number of imidazole rings is 1. The third-order valence-corrected chi connectivity index (χ3v) is 3.99. The van der Waals surface area contributed by atoms with Gasteiger partial charge in [0.15, 0.2) is 5.82 Å². The summed E-state index contributed by atoms with van der Waals surface area (Å²) in [6.07, 6.45) is 1.86. The molecule has 3 rings (SSSR count). The number of H-pyrrole nitrogens is 1. The topological polar surface area (TPSA) is 89.6 Å². The summed E-state index contributed by atoms with van der Waals surface area (Å²) < 4.78 is 15.3. The number of nitrogens with zero attached hydrogens (tertiary/aromatic N) is 3. The highest BCUT2D eigenvalue weighted by molar-refractivity contribution is 6.29. The van der Waals surface area contributed by atoms with Gasteiger partial charge in [0.2, 0.25) is 0 Å². The van der Waals surface area contributed by atoms with Gasteiger partial charge in [0, 0.05) is 0 Å². The van der Waals surface area contributed by atoms with Crippen molar-refractivity contribution in [3.8, 4) is 0 Å². The lowest BCUT2D eigenvalue weighted by molar-refractivity contribution is 0.616. The van der Waals surface area contributed by atoms with Gasteiger partial charge in [-0.05, 0) is 24.5 Å². The molecule has 3 aromatic heterocycles. The van der Waals surface area contributed by atoms with Gasteiger partial charge in [-0.3, -0.25) is 14.3 Å².